The Bertz CT molecular complexity index is 1280. The molecule has 0 saturated heterocycles. The van der Waals surface area contributed by atoms with Gasteiger partial charge in [-0.25, -0.2) is 0 Å². The van der Waals surface area contributed by atoms with Gasteiger partial charge in [-0.2, -0.15) is 0 Å². The number of carbonyl (C=O) groups excluding carboxylic acids is 2. The molecule has 0 unspecified atom stereocenters. The molecule has 0 rings (SSSR count). The summed E-state index contributed by atoms with van der Waals surface area (Å²) in [5, 5.41) is 0. The summed E-state index contributed by atoms with van der Waals surface area (Å²) in [5.74, 6) is -0.0326. The van der Waals surface area contributed by atoms with Crippen LogP contribution in [0, 0.1) is 0 Å². The molecule has 0 N–H and O–H groups in total. The molecule has 0 amide bonds. The van der Waals surface area contributed by atoms with E-state index in [0.717, 1.165) is 133 Å². The summed E-state index contributed by atoms with van der Waals surface area (Å²) in [5.41, 5.74) is 0. The van der Waals surface area contributed by atoms with Crippen LogP contribution in [0.15, 0.2) is 72.9 Å². The van der Waals surface area contributed by atoms with E-state index in [0.29, 0.717) is 12.8 Å². The van der Waals surface area contributed by atoms with Gasteiger partial charge in [-0.15, -0.1) is 0 Å². The van der Waals surface area contributed by atoms with Gasteiger partial charge in [-0.3, -0.25) is 0 Å². The monoisotopic (exact) mass is 1260 g/mol. The van der Waals surface area contributed by atoms with E-state index in [1.807, 2.05) is 0 Å². The Labute approximate surface area is 478 Å². The summed E-state index contributed by atoms with van der Waals surface area (Å²) in [6, 6.07) is 0. The van der Waals surface area contributed by atoms with Crippen molar-refractivity contribution >= 4 is 50.3 Å². The maximum absolute atomic E-state index is 14.4. The van der Waals surface area contributed by atoms with Crippen molar-refractivity contribution in [3.8, 4) is 0 Å². The second-order valence-electron chi connectivity index (χ2n) is 22.1. The van der Waals surface area contributed by atoms with Crippen LogP contribution in [0.3, 0.4) is 0 Å². The van der Waals surface area contributed by atoms with Gasteiger partial charge >= 0.3 is 394 Å². The summed E-state index contributed by atoms with van der Waals surface area (Å²) in [6.45, 7) is 13.5. The fraction of sp³-hybridized carbons (Fsp3) is 0.794. The molecule has 0 bridgehead atoms. The van der Waals surface area contributed by atoms with Gasteiger partial charge in [0, 0.05) is 0 Å². The second kappa shape index (κ2) is 59.1. The zero-order valence-electron chi connectivity index (χ0n) is 50.9. The average Bonchev–Trinajstić information content (AvgIpc) is 3.40. The number of rotatable bonds is 58. The summed E-state index contributed by atoms with van der Waals surface area (Å²) in [7, 11) is 0. The first-order valence-electron chi connectivity index (χ1n) is 32.9. The number of hydrogen-bond donors (Lipinski definition) is 0. The van der Waals surface area contributed by atoms with E-state index in [2.05, 4.69) is 114 Å². The van der Waals surface area contributed by atoms with Crippen molar-refractivity contribution in [3.05, 3.63) is 72.9 Å². The van der Waals surface area contributed by atoms with Crippen molar-refractivity contribution in [1.82, 2.24) is 0 Å². The average molecular weight is 1260 g/mol. The molecule has 0 aromatic rings. The van der Waals surface area contributed by atoms with Crippen LogP contribution in [0.1, 0.15) is 324 Å². The minimum atomic E-state index is -4.17. The number of allylic oxidation sites excluding steroid dienone is 12. The van der Waals surface area contributed by atoms with Crippen LogP contribution in [0.25, 0.3) is 0 Å². The van der Waals surface area contributed by atoms with Crippen molar-refractivity contribution in [2.24, 2.45) is 0 Å². The molecule has 0 fully saturated rings. The molecule has 0 saturated carbocycles. The molecular weight excluding hydrogens is 1130 g/mol. The SMILES string of the molecule is CCC=CCC=CCC=CCCCCCCCC(=O)[O][Sn]([CH2]CCCCCCC)([CH2]CCCCCCC)[O][Sn]([CH2]CCCCCCC)([CH2]CCCCCCC)[O]C(=O)CCCCCCCC=CCC=CCC=CCC. The molecule has 0 aromatic carbocycles. The summed E-state index contributed by atoms with van der Waals surface area (Å²) in [6.07, 6.45) is 76.8. The van der Waals surface area contributed by atoms with Crippen LogP contribution >= 0.6 is 0 Å². The molecule has 436 valence electrons. The first kappa shape index (κ1) is 73.9. The van der Waals surface area contributed by atoms with E-state index in [-0.39, 0.29) is 11.9 Å². The minimum Gasteiger partial charge on any atom is -0.0885 e. The molecule has 0 radical (unpaired) electrons. The van der Waals surface area contributed by atoms with Crippen LogP contribution in [0.2, 0.25) is 17.7 Å². The first-order chi connectivity index (χ1) is 36.9. The zero-order chi connectivity index (χ0) is 54.7. The zero-order valence-corrected chi connectivity index (χ0v) is 56.6. The molecule has 0 aromatic heterocycles. The van der Waals surface area contributed by atoms with Gasteiger partial charge in [0.05, 0.1) is 0 Å². The molecule has 5 nitrogen and oxygen atoms in total. The van der Waals surface area contributed by atoms with Gasteiger partial charge in [-0.1, -0.05) is 62.5 Å². The summed E-state index contributed by atoms with van der Waals surface area (Å²) < 4.78 is 26.0. The van der Waals surface area contributed by atoms with E-state index in [1.165, 1.54) is 154 Å². The molecule has 0 atom stereocenters. The second-order valence-corrected chi connectivity index (χ2v) is 43.9. The molecule has 7 heteroatoms. The molecular formula is C68H126O5Sn2. The van der Waals surface area contributed by atoms with Crippen LogP contribution in [-0.2, 0) is 17.1 Å². The molecule has 0 aliphatic rings. The third-order valence-electron chi connectivity index (χ3n) is 14.7. The molecule has 0 aliphatic heterocycles. The van der Waals surface area contributed by atoms with E-state index in [9.17, 15) is 9.59 Å². The molecule has 0 spiro atoms. The smallest absolute Gasteiger partial charge is 0.0885 e. The summed E-state index contributed by atoms with van der Waals surface area (Å²) in [4.78, 5) is 28.8. The van der Waals surface area contributed by atoms with Crippen LogP contribution in [0.4, 0.5) is 0 Å². The number of unbranched alkanes of at least 4 members (excludes halogenated alkanes) is 30. The van der Waals surface area contributed by atoms with Gasteiger partial charge in [-0.05, 0) is 25.7 Å². The minimum absolute atomic E-state index is 0.0163. The van der Waals surface area contributed by atoms with Gasteiger partial charge in [0.25, 0.3) is 0 Å². The van der Waals surface area contributed by atoms with Crippen molar-refractivity contribution in [2.45, 2.75) is 342 Å². The third-order valence-corrected chi connectivity index (χ3v) is 47.2. The quantitative estimate of drug-likeness (QED) is 0.0345. The van der Waals surface area contributed by atoms with Gasteiger partial charge in [0.2, 0.25) is 0 Å². The van der Waals surface area contributed by atoms with Crippen molar-refractivity contribution in [3.63, 3.8) is 0 Å². The third kappa shape index (κ3) is 50.9. The van der Waals surface area contributed by atoms with Crippen LogP contribution in [0.5, 0.6) is 0 Å². The number of hydrogen-bond acceptors (Lipinski definition) is 5. The van der Waals surface area contributed by atoms with E-state index < -0.39 is 38.4 Å². The Morgan fingerprint density at radius 2 is 0.520 bits per heavy atom. The van der Waals surface area contributed by atoms with E-state index in [4.69, 9.17) is 7.56 Å². The normalized spacial score (nSPS) is 12.7. The maximum atomic E-state index is 14.4. The first-order valence-corrected chi connectivity index (χ1v) is 45.6. The van der Waals surface area contributed by atoms with E-state index >= 15 is 0 Å². The fourth-order valence-electron chi connectivity index (χ4n) is 10.0. The Hall–Kier alpha value is -1.06. The van der Waals surface area contributed by atoms with Crippen LogP contribution in [-0.4, -0.2) is 50.3 Å². The predicted molar refractivity (Wildman–Crippen MR) is 336 cm³/mol. The Morgan fingerprint density at radius 3 is 0.813 bits per heavy atom. The van der Waals surface area contributed by atoms with E-state index in [1.54, 1.807) is 0 Å². The molecule has 75 heavy (non-hydrogen) atoms. The standard InChI is InChI=1S/2C18H30O2.4C8H17.O.2Sn/c2*1-2-3-4-5-6-7-8-9-10-11-12-13-14-15-16-17-18(19)20;4*1-3-5-7-8-6-4-2;;;/h2*3-4,6-7,9-10H,2,5,8,11-17H2,1H3,(H,19,20);4*1,3-8H2,2H3;;;/q;;;;;;;2*+1/p-2. The van der Waals surface area contributed by atoms with Gasteiger partial charge in [0.15, 0.2) is 0 Å². The Morgan fingerprint density at radius 1 is 0.280 bits per heavy atom. The van der Waals surface area contributed by atoms with Gasteiger partial charge < -0.3 is 0 Å². The summed E-state index contributed by atoms with van der Waals surface area (Å²) >= 11 is -8.35. The molecule has 0 heterocycles. The van der Waals surface area contributed by atoms with Crippen molar-refractivity contribution < 1.29 is 17.1 Å². The van der Waals surface area contributed by atoms with Crippen molar-refractivity contribution in [2.75, 3.05) is 0 Å². The van der Waals surface area contributed by atoms with Crippen molar-refractivity contribution in [1.29, 1.82) is 0 Å². The Kier molecular flexibility index (Phi) is 58.2. The Balaban J connectivity index is 6.37. The topological polar surface area (TPSA) is 61.8 Å². The van der Waals surface area contributed by atoms with Crippen LogP contribution < -0.4 is 0 Å². The van der Waals surface area contributed by atoms with Gasteiger partial charge in [0.1, 0.15) is 0 Å². The molecule has 0 aliphatic carbocycles. The fourth-order valence-corrected chi connectivity index (χ4v) is 50.3. The number of carbonyl (C=O) groups is 2. The predicted octanol–water partition coefficient (Wildman–Crippen LogP) is 23.6.